The van der Waals surface area contributed by atoms with E-state index in [-0.39, 0.29) is 29.8 Å². The lowest BCUT2D eigenvalue weighted by molar-refractivity contribution is -0.125. The van der Waals surface area contributed by atoms with E-state index < -0.39 is 62.9 Å². The van der Waals surface area contributed by atoms with E-state index in [2.05, 4.69) is 4.98 Å². The highest BCUT2D eigenvalue weighted by Gasteiger charge is 2.77. The van der Waals surface area contributed by atoms with Crippen molar-refractivity contribution < 1.29 is 33.1 Å². The number of anilines is 2. The van der Waals surface area contributed by atoms with E-state index in [4.69, 9.17) is 27.6 Å². The van der Waals surface area contributed by atoms with Crippen LogP contribution in [-0.2, 0) is 19.2 Å². The molecule has 10 rings (SSSR count). The number of amides is 4. The topological polar surface area (TPSA) is 121 Å². The van der Waals surface area contributed by atoms with E-state index in [1.165, 1.54) is 23.1 Å². The van der Waals surface area contributed by atoms with Crippen LogP contribution in [0.15, 0.2) is 125 Å². The summed E-state index contributed by atoms with van der Waals surface area (Å²) in [5.41, 5.74) is 3.22. The van der Waals surface area contributed by atoms with Gasteiger partial charge in [0.25, 0.3) is 11.8 Å². The number of benzene rings is 5. The number of para-hydroxylation sites is 2. The molecule has 2 saturated heterocycles. The number of phenols is 1. The number of halogens is 3. The molecule has 0 spiro atoms. The van der Waals surface area contributed by atoms with E-state index in [0.29, 0.717) is 39.2 Å². The zero-order chi connectivity index (χ0) is 38.0. The first kappa shape index (κ1) is 33.7. The van der Waals surface area contributed by atoms with E-state index >= 15 is 0 Å². The van der Waals surface area contributed by atoms with E-state index in [1.54, 1.807) is 42.5 Å². The van der Waals surface area contributed by atoms with Crippen LogP contribution in [0.1, 0.15) is 24.3 Å². The lowest BCUT2D eigenvalue weighted by Gasteiger charge is -2.51. The molecule has 0 radical (unpaired) electrons. The second-order valence-electron chi connectivity index (χ2n) is 14.5. The minimum atomic E-state index is -2.19. The number of hydrogen-bond acceptors (Lipinski definition) is 7. The maximum atomic E-state index is 14.8. The Kier molecular flexibility index (Phi) is 7.25. The maximum Gasteiger partial charge on any atom is 0.258 e. The van der Waals surface area contributed by atoms with Gasteiger partial charge < -0.3 is 9.52 Å². The van der Waals surface area contributed by atoms with Gasteiger partial charge in [0.15, 0.2) is 15.3 Å². The summed E-state index contributed by atoms with van der Waals surface area (Å²) in [6.45, 7) is 0. The van der Waals surface area contributed by atoms with Crippen molar-refractivity contribution in [1.82, 2.24) is 4.98 Å². The van der Waals surface area contributed by atoms with Crippen LogP contribution in [0.2, 0.25) is 0 Å². The SMILES string of the molecule is O=C1[C@H]2[C@H](CC=C3[C@H]2C[C@@]2(Cl)C(=O)N(c4ccc(F)cc4)C(=O)[C@@]2(Cl)[C@H]3c2c(O)ccc3ccccc23)C(=O)N1c1ccc(-c2nc3ccccc3o2)cc1. The summed E-state index contributed by atoms with van der Waals surface area (Å²) in [7, 11) is 0. The third-order valence-corrected chi connectivity index (χ3v) is 13.2. The largest absolute Gasteiger partial charge is 0.508 e. The predicted molar refractivity (Wildman–Crippen MR) is 204 cm³/mol. The number of rotatable bonds is 4. The first-order valence-corrected chi connectivity index (χ1v) is 18.5. The van der Waals surface area contributed by atoms with Crippen LogP contribution in [-0.4, -0.2) is 43.5 Å². The normalized spacial score (nSPS) is 27.4. The molecule has 0 unspecified atom stereocenters. The number of carbonyl (C=O) groups is 4. The quantitative estimate of drug-likeness (QED) is 0.109. The molecule has 5 aromatic carbocycles. The Balaban J connectivity index is 1.09. The van der Waals surface area contributed by atoms with Crippen molar-refractivity contribution in [2.24, 2.45) is 17.8 Å². The summed E-state index contributed by atoms with van der Waals surface area (Å²) in [5.74, 6) is -6.69. The summed E-state index contributed by atoms with van der Waals surface area (Å²) in [4.78, 5) is 60.5. The molecule has 2 aliphatic heterocycles. The Morgan fingerprint density at radius 1 is 0.764 bits per heavy atom. The minimum absolute atomic E-state index is 0.0705. The highest BCUT2D eigenvalue weighted by atomic mass is 35.5. The van der Waals surface area contributed by atoms with Crippen molar-refractivity contribution in [2.45, 2.75) is 28.5 Å². The summed E-state index contributed by atoms with van der Waals surface area (Å²) in [6, 6.07) is 29.5. The van der Waals surface area contributed by atoms with Crippen LogP contribution in [0, 0.1) is 23.6 Å². The first-order valence-electron chi connectivity index (χ1n) is 17.8. The van der Waals surface area contributed by atoms with Crippen LogP contribution in [0.3, 0.4) is 0 Å². The Hall–Kier alpha value is -5.84. The van der Waals surface area contributed by atoms with Crippen LogP contribution < -0.4 is 9.80 Å². The fourth-order valence-electron chi connectivity index (χ4n) is 9.31. The van der Waals surface area contributed by atoms with Crippen LogP contribution in [0.4, 0.5) is 15.8 Å². The fourth-order valence-corrected chi connectivity index (χ4v) is 10.2. The van der Waals surface area contributed by atoms with E-state index in [9.17, 15) is 28.7 Å². The second-order valence-corrected chi connectivity index (χ2v) is 15.8. The summed E-state index contributed by atoms with van der Waals surface area (Å²) in [6.07, 6.45) is 1.72. The number of allylic oxidation sites excluding steroid dienone is 2. The van der Waals surface area contributed by atoms with Crippen molar-refractivity contribution in [1.29, 1.82) is 0 Å². The maximum absolute atomic E-state index is 14.8. The Bertz CT molecular complexity index is 2660. The highest BCUT2D eigenvalue weighted by Crippen LogP contribution is 2.67. The van der Waals surface area contributed by atoms with E-state index in [1.807, 2.05) is 42.5 Å². The van der Waals surface area contributed by atoms with Crippen LogP contribution >= 0.6 is 23.2 Å². The number of carbonyl (C=O) groups excluding carboxylic acids is 4. The summed E-state index contributed by atoms with van der Waals surface area (Å²) in [5, 5.41) is 12.9. The molecule has 4 aliphatic rings. The number of imide groups is 2. The molecule has 55 heavy (non-hydrogen) atoms. The van der Waals surface area contributed by atoms with Gasteiger partial charge in [-0.1, -0.05) is 54.1 Å². The van der Waals surface area contributed by atoms with E-state index in [0.717, 1.165) is 22.4 Å². The number of aromatic nitrogens is 1. The molecule has 3 heterocycles. The van der Waals surface area contributed by atoms with Crippen molar-refractivity contribution in [3.05, 3.63) is 132 Å². The number of fused-ring (bicyclic) bond motifs is 6. The van der Waals surface area contributed by atoms with Crippen molar-refractivity contribution >= 4 is 80.1 Å². The van der Waals surface area contributed by atoms with Crippen molar-refractivity contribution in [2.75, 3.05) is 9.80 Å². The number of phenolic OH excluding ortho intramolecular Hbond substituents is 1. The molecule has 9 nitrogen and oxygen atoms in total. The van der Waals surface area contributed by atoms with Gasteiger partial charge >= 0.3 is 0 Å². The zero-order valence-corrected chi connectivity index (χ0v) is 30.2. The minimum Gasteiger partial charge on any atom is -0.508 e. The molecule has 3 fully saturated rings. The average molecular weight is 773 g/mol. The monoisotopic (exact) mass is 771 g/mol. The first-order chi connectivity index (χ1) is 26.5. The molecule has 6 aromatic rings. The van der Waals surface area contributed by atoms with Gasteiger partial charge in [0.05, 0.1) is 23.2 Å². The fraction of sp³-hybridized carbons (Fsp3) is 0.186. The van der Waals surface area contributed by atoms with Gasteiger partial charge in [-0.3, -0.25) is 24.1 Å². The molecule has 1 N–H and O–H groups in total. The van der Waals surface area contributed by atoms with Gasteiger partial charge in [-0.2, -0.15) is 0 Å². The van der Waals surface area contributed by atoms with Crippen LogP contribution in [0.25, 0.3) is 33.3 Å². The van der Waals surface area contributed by atoms with Crippen molar-refractivity contribution in [3.8, 4) is 17.2 Å². The Morgan fingerprint density at radius 2 is 1.45 bits per heavy atom. The molecule has 4 amide bonds. The molecule has 12 heteroatoms. The summed E-state index contributed by atoms with van der Waals surface area (Å²) < 4.78 is 19.9. The molecule has 2 aliphatic carbocycles. The smallest absolute Gasteiger partial charge is 0.258 e. The average Bonchev–Trinajstić information content (AvgIpc) is 3.78. The number of hydrogen-bond donors (Lipinski definition) is 1. The third-order valence-electron chi connectivity index (χ3n) is 11.8. The molecule has 1 aromatic heterocycles. The second kappa shape index (κ2) is 11.8. The van der Waals surface area contributed by atoms with Gasteiger partial charge in [-0.25, -0.2) is 14.3 Å². The molecule has 1 saturated carbocycles. The van der Waals surface area contributed by atoms with Crippen molar-refractivity contribution in [3.63, 3.8) is 0 Å². The lowest BCUT2D eigenvalue weighted by Crippen LogP contribution is -2.60. The zero-order valence-electron chi connectivity index (χ0n) is 28.7. The van der Waals surface area contributed by atoms with Gasteiger partial charge in [0, 0.05) is 17.0 Å². The van der Waals surface area contributed by atoms with Gasteiger partial charge in [-0.05, 0) is 96.3 Å². The number of alkyl halides is 2. The molecule has 0 bridgehead atoms. The summed E-state index contributed by atoms with van der Waals surface area (Å²) >= 11 is 15.1. The Labute approximate surface area is 322 Å². The van der Waals surface area contributed by atoms with Gasteiger partial charge in [0.2, 0.25) is 17.7 Å². The molecule has 6 atom stereocenters. The number of aromatic hydroxyl groups is 1. The predicted octanol–water partition coefficient (Wildman–Crippen LogP) is 8.26. The number of oxazole rings is 1. The number of nitrogens with zero attached hydrogens (tertiary/aromatic N) is 3. The van der Waals surface area contributed by atoms with Gasteiger partial charge in [-0.15, -0.1) is 23.2 Å². The third kappa shape index (κ3) is 4.55. The van der Waals surface area contributed by atoms with Crippen LogP contribution in [0.5, 0.6) is 5.75 Å². The van der Waals surface area contributed by atoms with Gasteiger partial charge in [0.1, 0.15) is 17.1 Å². The lowest BCUT2D eigenvalue weighted by atomic mass is 9.56. The molecule has 272 valence electrons. The highest BCUT2D eigenvalue weighted by molar-refractivity contribution is 6.58. The molecular formula is C43H28Cl2FN3O6. The molecular weight excluding hydrogens is 744 g/mol. The Morgan fingerprint density at radius 3 is 2.22 bits per heavy atom. The standard InChI is InChI=1S/C43H28Cl2FN3O6/c44-42-21-30-28(18-19-29-34(30)39(52)48(38(29)51)25-14-9-23(10-15-25)37-47-31-7-3-4-8-33(31)55-37)36(35-27-6-2-1-5-22(27)11-20-32(35)50)43(42,45)41(54)49(40(42)53)26-16-12-24(46)13-17-26/h1-18,20,29-30,34,36,50H,19,21H2/t29-,30+,34-,36+,42+,43-/m0/s1.